The molecule has 1 aromatic heterocycles. The van der Waals surface area contributed by atoms with E-state index in [1.54, 1.807) is 12.1 Å². The van der Waals surface area contributed by atoms with E-state index in [0.29, 0.717) is 5.56 Å². The van der Waals surface area contributed by atoms with Crippen molar-refractivity contribution in [3.8, 4) is 28.4 Å². The van der Waals surface area contributed by atoms with Gasteiger partial charge in [-0.25, -0.2) is 0 Å². The molecule has 0 aliphatic rings. The molecule has 21 heavy (non-hydrogen) atoms. The fourth-order valence-corrected chi connectivity index (χ4v) is 2.06. The molecule has 3 N–H and O–H groups in total. The van der Waals surface area contributed by atoms with Crippen LogP contribution >= 0.6 is 0 Å². The van der Waals surface area contributed by atoms with Gasteiger partial charge in [0.25, 0.3) is 0 Å². The molecule has 2 radical (unpaired) electrons. The van der Waals surface area contributed by atoms with Crippen LogP contribution in [0.5, 0.6) is 17.2 Å². The lowest BCUT2D eigenvalue weighted by molar-refractivity contribution is 0.452. The van der Waals surface area contributed by atoms with Gasteiger partial charge in [0.15, 0.2) is 0 Å². The largest absolute Gasteiger partial charge is 0.508 e. The summed E-state index contributed by atoms with van der Waals surface area (Å²) in [5, 5.41) is 28.4. The highest BCUT2D eigenvalue weighted by molar-refractivity contribution is 5.87. The van der Waals surface area contributed by atoms with Gasteiger partial charge in [-0.05, 0) is 17.7 Å². The van der Waals surface area contributed by atoms with Gasteiger partial charge in [-0.2, -0.15) is 0 Å². The molecule has 0 aliphatic carbocycles. The standard InChI is InChI=1S/C15H10O5.Mg/c16-9-3-1-8(2-4-9)11-7-20-13-6-10(17)5-12(18)14(13)15(11)19;/h1-7,16-18H;. The Bertz CT molecular complexity index is 852. The first-order valence-corrected chi connectivity index (χ1v) is 5.83. The molecule has 1 heterocycles. The Hall–Kier alpha value is -2.18. The molecule has 0 unspecified atom stereocenters. The van der Waals surface area contributed by atoms with Crippen molar-refractivity contribution in [2.24, 2.45) is 0 Å². The minimum absolute atomic E-state index is 0. The molecule has 3 rings (SSSR count). The number of benzene rings is 2. The normalized spacial score (nSPS) is 10.3. The molecular formula is C15H10MgO5. The second-order valence-electron chi connectivity index (χ2n) is 4.36. The predicted octanol–water partition coefficient (Wildman–Crippen LogP) is 2.20. The Balaban J connectivity index is 0.00000161. The Labute approximate surface area is 135 Å². The molecular weight excluding hydrogens is 284 g/mol. The first kappa shape index (κ1) is 15.2. The first-order valence-electron chi connectivity index (χ1n) is 5.83. The van der Waals surface area contributed by atoms with E-state index in [9.17, 15) is 20.1 Å². The molecule has 0 bridgehead atoms. The van der Waals surface area contributed by atoms with Crippen molar-refractivity contribution in [2.75, 3.05) is 0 Å². The van der Waals surface area contributed by atoms with Gasteiger partial charge in [-0.1, -0.05) is 12.1 Å². The predicted molar refractivity (Wildman–Crippen MR) is 78.7 cm³/mol. The average molecular weight is 295 g/mol. The summed E-state index contributed by atoms with van der Waals surface area (Å²) in [6.07, 6.45) is 1.26. The lowest BCUT2D eigenvalue weighted by atomic mass is 10.0. The lowest BCUT2D eigenvalue weighted by Gasteiger charge is -2.05. The first-order chi connectivity index (χ1) is 9.56. The smallest absolute Gasteiger partial charge is 0.204 e. The molecule has 0 saturated heterocycles. The quantitative estimate of drug-likeness (QED) is 0.599. The number of aromatic hydroxyl groups is 3. The third-order valence-electron chi connectivity index (χ3n) is 3.02. The zero-order valence-corrected chi connectivity index (χ0v) is 12.3. The van der Waals surface area contributed by atoms with E-state index in [0.717, 1.165) is 6.07 Å². The van der Waals surface area contributed by atoms with E-state index in [1.165, 1.54) is 24.5 Å². The van der Waals surface area contributed by atoms with E-state index in [1.807, 2.05) is 0 Å². The van der Waals surface area contributed by atoms with E-state index in [4.69, 9.17) is 4.42 Å². The maximum atomic E-state index is 12.4. The monoisotopic (exact) mass is 294 g/mol. The van der Waals surface area contributed by atoms with Gasteiger partial charge >= 0.3 is 0 Å². The summed E-state index contributed by atoms with van der Waals surface area (Å²) in [5.41, 5.74) is 0.522. The SMILES string of the molecule is O=c1c(-c2ccc(O)cc2)coc2cc(O)cc(O)c12.[Mg]. The van der Waals surface area contributed by atoms with Crippen LogP contribution in [0.25, 0.3) is 22.1 Å². The Kier molecular flexibility index (Phi) is 4.10. The molecule has 102 valence electrons. The van der Waals surface area contributed by atoms with Crippen molar-refractivity contribution in [3.05, 3.63) is 52.9 Å². The summed E-state index contributed by atoms with van der Waals surface area (Å²) >= 11 is 0. The van der Waals surface area contributed by atoms with Crippen LogP contribution in [0.4, 0.5) is 0 Å². The average Bonchev–Trinajstić information content (AvgIpc) is 2.39. The van der Waals surface area contributed by atoms with Gasteiger partial charge in [0.1, 0.15) is 34.5 Å². The van der Waals surface area contributed by atoms with Gasteiger partial charge < -0.3 is 19.7 Å². The molecule has 0 fully saturated rings. The van der Waals surface area contributed by atoms with Gasteiger partial charge in [0, 0.05) is 35.2 Å². The van der Waals surface area contributed by atoms with Crippen molar-refractivity contribution in [1.29, 1.82) is 0 Å². The summed E-state index contributed by atoms with van der Waals surface area (Å²) in [6.45, 7) is 0. The third kappa shape index (κ3) is 2.68. The highest BCUT2D eigenvalue weighted by Gasteiger charge is 2.13. The maximum absolute atomic E-state index is 12.4. The van der Waals surface area contributed by atoms with Crippen molar-refractivity contribution < 1.29 is 19.7 Å². The Morgan fingerprint density at radius 2 is 1.57 bits per heavy atom. The lowest BCUT2D eigenvalue weighted by Crippen LogP contribution is -2.04. The summed E-state index contributed by atoms with van der Waals surface area (Å²) in [5.74, 6) is -0.434. The maximum Gasteiger partial charge on any atom is 0.204 e. The summed E-state index contributed by atoms with van der Waals surface area (Å²) < 4.78 is 5.29. The van der Waals surface area contributed by atoms with Gasteiger partial charge in [0.05, 0.1) is 5.56 Å². The number of rotatable bonds is 1. The number of phenolic OH excluding ortho intramolecular Hbond substituents is 3. The van der Waals surface area contributed by atoms with Crippen molar-refractivity contribution in [1.82, 2.24) is 0 Å². The molecule has 0 atom stereocenters. The fourth-order valence-electron chi connectivity index (χ4n) is 2.06. The molecule has 2 aromatic carbocycles. The zero-order chi connectivity index (χ0) is 14.3. The number of hydrogen-bond donors (Lipinski definition) is 3. The Morgan fingerprint density at radius 3 is 2.24 bits per heavy atom. The highest BCUT2D eigenvalue weighted by atomic mass is 24.3. The van der Waals surface area contributed by atoms with Crippen molar-refractivity contribution in [2.45, 2.75) is 0 Å². The number of fused-ring (bicyclic) bond motifs is 1. The van der Waals surface area contributed by atoms with Crippen molar-refractivity contribution in [3.63, 3.8) is 0 Å². The van der Waals surface area contributed by atoms with Gasteiger partial charge in [0.2, 0.25) is 5.43 Å². The molecule has 3 aromatic rings. The van der Waals surface area contributed by atoms with Gasteiger partial charge in [-0.3, -0.25) is 4.79 Å². The minimum Gasteiger partial charge on any atom is -0.508 e. The van der Waals surface area contributed by atoms with Crippen molar-refractivity contribution >= 4 is 34.0 Å². The topological polar surface area (TPSA) is 90.9 Å². The van der Waals surface area contributed by atoms with Crippen LogP contribution < -0.4 is 5.43 Å². The third-order valence-corrected chi connectivity index (χ3v) is 3.02. The molecule has 6 heteroatoms. The van der Waals surface area contributed by atoms with E-state index >= 15 is 0 Å². The number of phenols is 3. The van der Waals surface area contributed by atoms with E-state index in [-0.39, 0.29) is 56.8 Å². The molecule has 0 amide bonds. The molecule has 0 aliphatic heterocycles. The summed E-state index contributed by atoms with van der Waals surface area (Å²) in [4.78, 5) is 12.4. The van der Waals surface area contributed by atoms with Gasteiger partial charge in [-0.15, -0.1) is 0 Å². The molecule has 5 nitrogen and oxygen atoms in total. The minimum atomic E-state index is -0.408. The molecule has 0 saturated carbocycles. The van der Waals surface area contributed by atoms with Crippen LogP contribution in [0.1, 0.15) is 0 Å². The van der Waals surface area contributed by atoms with Crippen LogP contribution in [0.3, 0.4) is 0 Å². The highest BCUT2D eigenvalue weighted by Crippen LogP contribution is 2.29. The van der Waals surface area contributed by atoms with Crippen LogP contribution in [-0.4, -0.2) is 38.4 Å². The second kappa shape index (κ2) is 5.67. The van der Waals surface area contributed by atoms with Crippen LogP contribution in [0.15, 0.2) is 51.9 Å². The van der Waals surface area contributed by atoms with E-state index < -0.39 is 5.43 Å². The summed E-state index contributed by atoms with van der Waals surface area (Å²) in [7, 11) is 0. The second-order valence-corrected chi connectivity index (χ2v) is 4.36. The number of hydrogen-bond acceptors (Lipinski definition) is 5. The fraction of sp³-hybridized carbons (Fsp3) is 0. The van der Waals surface area contributed by atoms with E-state index in [2.05, 4.69) is 0 Å². The zero-order valence-electron chi connectivity index (χ0n) is 10.9. The molecule has 0 spiro atoms. The van der Waals surface area contributed by atoms with Crippen LogP contribution in [0, 0.1) is 0 Å². The summed E-state index contributed by atoms with van der Waals surface area (Å²) in [6, 6.07) is 8.40. The van der Waals surface area contributed by atoms with Crippen LogP contribution in [0.2, 0.25) is 0 Å². The van der Waals surface area contributed by atoms with Crippen LogP contribution in [-0.2, 0) is 0 Å². The Morgan fingerprint density at radius 1 is 0.905 bits per heavy atom.